The van der Waals surface area contributed by atoms with E-state index in [0.29, 0.717) is 5.69 Å². The van der Waals surface area contributed by atoms with Crippen LogP contribution in [0.1, 0.15) is 5.69 Å². The zero-order valence-electron chi connectivity index (χ0n) is 8.59. The molecule has 0 aliphatic carbocycles. The highest BCUT2D eigenvalue weighted by Crippen LogP contribution is 2.27. The van der Waals surface area contributed by atoms with Crippen molar-refractivity contribution in [2.24, 2.45) is 0 Å². The van der Waals surface area contributed by atoms with Crippen LogP contribution in [-0.2, 0) is 6.54 Å². The van der Waals surface area contributed by atoms with E-state index in [9.17, 15) is 14.5 Å². The molecule has 0 aliphatic rings. The molecule has 0 saturated carbocycles. The van der Waals surface area contributed by atoms with Crippen molar-refractivity contribution in [1.82, 2.24) is 4.98 Å². The molecule has 0 saturated heterocycles. The molecule has 2 rings (SSSR count). The van der Waals surface area contributed by atoms with Crippen LogP contribution in [0, 0.1) is 15.9 Å². The first-order valence-corrected chi connectivity index (χ1v) is 5.66. The van der Waals surface area contributed by atoms with Gasteiger partial charge in [0.1, 0.15) is 5.69 Å². The molecule has 17 heavy (non-hydrogen) atoms. The third-order valence-electron chi connectivity index (χ3n) is 2.12. The maximum atomic E-state index is 13.5. The fraction of sp³-hybridized carbons (Fsp3) is 0.100. The van der Waals surface area contributed by atoms with E-state index in [-0.39, 0.29) is 17.9 Å². The third-order valence-corrected chi connectivity index (χ3v) is 2.75. The number of nitro benzene ring substituents is 1. The first-order chi connectivity index (χ1) is 8.18. The SMILES string of the molecule is O=[N+]([O-])c1cccc(F)c1NCc1cscn1. The fourth-order valence-corrected chi connectivity index (χ4v) is 1.90. The van der Waals surface area contributed by atoms with E-state index in [2.05, 4.69) is 10.3 Å². The summed E-state index contributed by atoms with van der Waals surface area (Å²) in [5, 5.41) is 15.2. The Bertz CT molecular complexity index is 530. The summed E-state index contributed by atoms with van der Waals surface area (Å²) >= 11 is 1.41. The molecule has 1 aromatic carbocycles. The second-order valence-corrected chi connectivity index (χ2v) is 3.94. The van der Waals surface area contributed by atoms with Crippen LogP contribution < -0.4 is 5.32 Å². The molecule has 0 fully saturated rings. The number of hydrogen-bond acceptors (Lipinski definition) is 5. The molecular weight excluding hydrogens is 245 g/mol. The lowest BCUT2D eigenvalue weighted by Gasteiger charge is -2.06. The summed E-state index contributed by atoms with van der Waals surface area (Å²) in [6.45, 7) is 0.255. The molecule has 1 heterocycles. The lowest BCUT2D eigenvalue weighted by molar-refractivity contribution is -0.384. The van der Waals surface area contributed by atoms with Crippen LogP contribution in [0.2, 0.25) is 0 Å². The molecule has 0 amide bonds. The van der Waals surface area contributed by atoms with Gasteiger partial charge in [0.05, 0.1) is 22.7 Å². The van der Waals surface area contributed by atoms with Gasteiger partial charge in [0.2, 0.25) is 0 Å². The number of thiazole rings is 1. The highest BCUT2D eigenvalue weighted by atomic mass is 32.1. The second-order valence-electron chi connectivity index (χ2n) is 3.22. The fourth-order valence-electron chi connectivity index (χ4n) is 1.34. The first kappa shape index (κ1) is 11.5. The molecule has 0 bridgehead atoms. The minimum atomic E-state index is -0.644. The molecule has 2 aromatic rings. The average molecular weight is 253 g/mol. The van der Waals surface area contributed by atoms with Crippen LogP contribution >= 0.6 is 11.3 Å². The molecule has 1 N–H and O–H groups in total. The maximum absolute atomic E-state index is 13.5. The summed E-state index contributed by atoms with van der Waals surface area (Å²) in [6.07, 6.45) is 0. The lowest BCUT2D eigenvalue weighted by atomic mass is 10.2. The predicted molar refractivity (Wildman–Crippen MR) is 62.5 cm³/mol. The molecule has 0 aliphatic heterocycles. The van der Waals surface area contributed by atoms with Gasteiger partial charge in [0.25, 0.3) is 5.69 Å². The third kappa shape index (κ3) is 2.56. The van der Waals surface area contributed by atoms with Gasteiger partial charge in [0.15, 0.2) is 5.82 Å². The van der Waals surface area contributed by atoms with E-state index >= 15 is 0 Å². The molecular formula is C10H8FN3O2S. The predicted octanol–water partition coefficient (Wildman–Crippen LogP) is 2.80. The standard InChI is InChI=1S/C10H8FN3O2S/c11-8-2-1-3-9(14(15)16)10(8)12-4-7-5-17-6-13-7/h1-3,5-6,12H,4H2. The Balaban J connectivity index is 2.22. The van der Waals surface area contributed by atoms with Crippen LogP contribution in [-0.4, -0.2) is 9.91 Å². The number of nitrogens with one attached hydrogen (secondary N) is 1. The van der Waals surface area contributed by atoms with Crippen molar-refractivity contribution in [3.63, 3.8) is 0 Å². The number of nitrogens with zero attached hydrogens (tertiary/aromatic N) is 2. The number of para-hydroxylation sites is 1. The Morgan fingerprint density at radius 3 is 3.00 bits per heavy atom. The van der Waals surface area contributed by atoms with Crippen molar-refractivity contribution in [3.05, 3.63) is 50.7 Å². The second kappa shape index (κ2) is 4.88. The highest BCUT2D eigenvalue weighted by molar-refractivity contribution is 7.07. The molecule has 7 heteroatoms. The smallest absolute Gasteiger partial charge is 0.295 e. The van der Waals surface area contributed by atoms with E-state index in [1.807, 2.05) is 0 Å². The monoisotopic (exact) mass is 253 g/mol. The minimum absolute atomic E-state index is 0.106. The Kier molecular flexibility index (Phi) is 3.29. The van der Waals surface area contributed by atoms with Crippen molar-refractivity contribution in [1.29, 1.82) is 0 Å². The number of nitro groups is 1. The number of anilines is 1. The van der Waals surface area contributed by atoms with E-state index < -0.39 is 10.7 Å². The van der Waals surface area contributed by atoms with Crippen molar-refractivity contribution < 1.29 is 9.31 Å². The number of halogens is 1. The van der Waals surface area contributed by atoms with Crippen molar-refractivity contribution >= 4 is 22.7 Å². The van der Waals surface area contributed by atoms with Gasteiger partial charge in [-0.15, -0.1) is 11.3 Å². The Morgan fingerprint density at radius 2 is 2.35 bits per heavy atom. The topological polar surface area (TPSA) is 68.1 Å². The zero-order valence-corrected chi connectivity index (χ0v) is 9.41. The summed E-state index contributed by atoms with van der Waals surface area (Å²) in [6, 6.07) is 3.74. The van der Waals surface area contributed by atoms with Gasteiger partial charge < -0.3 is 5.32 Å². The van der Waals surface area contributed by atoms with Gasteiger partial charge in [-0.05, 0) is 6.07 Å². The van der Waals surface area contributed by atoms with E-state index in [0.717, 1.165) is 0 Å². The van der Waals surface area contributed by atoms with Crippen molar-refractivity contribution in [3.8, 4) is 0 Å². The van der Waals surface area contributed by atoms with Crippen LogP contribution in [0.15, 0.2) is 29.1 Å². The highest BCUT2D eigenvalue weighted by Gasteiger charge is 2.17. The van der Waals surface area contributed by atoms with Crippen LogP contribution in [0.25, 0.3) is 0 Å². The zero-order chi connectivity index (χ0) is 12.3. The van der Waals surface area contributed by atoms with Crippen LogP contribution in [0.5, 0.6) is 0 Å². The Labute approximate surface area is 100 Å². The molecule has 0 radical (unpaired) electrons. The molecule has 1 aromatic heterocycles. The van der Waals surface area contributed by atoms with E-state index in [1.165, 1.54) is 29.5 Å². The summed E-state index contributed by atoms with van der Waals surface area (Å²) in [7, 11) is 0. The number of benzene rings is 1. The summed E-state index contributed by atoms with van der Waals surface area (Å²) < 4.78 is 13.5. The van der Waals surface area contributed by atoms with Gasteiger partial charge in [-0.25, -0.2) is 9.37 Å². The van der Waals surface area contributed by atoms with E-state index in [4.69, 9.17) is 0 Å². The quantitative estimate of drug-likeness (QED) is 0.672. The molecule has 5 nitrogen and oxygen atoms in total. The number of hydrogen-bond donors (Lipinski definition) is 1. The van der Waals surface area contributed by atoms with Crippen molar-refractivity contribution in [2.75, 3.05) is 5.32 Å². The number of aromatic nitrogens is 1. The molecule has 0 atom stereocenters. The van der Waals surface area contributed by atoms with Gasteiger partial charge in [0, 0.05) is 11.4 Å². The Morgan fingerprint density at radius 1 is 1.53 bits per heavy atom. The summed E-state index contributed by atoms with van der Waals surface area (Å²) in [5.41, 5.74) is 1.98. The van der Waals surface area contributed by atoms with Gasteiger partial charge in [-0.3, -0.25) is 10.1 Å². The van der Waals surface area contributed by atoms with Crippen molar-refractivity contribution in [2.45, 2.75) is 6.54 Å². The summed E-state index contributed by atoms with van der Waals surface area (Å²) in [5.74, 6) is -0.644. The normalized spacial score (nSPS) is 10.2. The van der Waals surface area contributed by atoms with Crippen LogP contribution in [0.3, 0.4) is 0 Å². The van der Waals surface area contributed by atoms with Gasteiger partial charge >= 0.3 is 0 Å². The van der Waals surface area contributed by atoms with Gasteiger partial charge in [-0.1, -0.05) is 6.07 Å². The van der Waals surface area contributed by atoms with E-state index in [1.54, 1.807) is 10.9 Å². The molecule has 88 valence electrons. The maximum Gasteiger partial charge on any atom is 0.295 e. The van der Waals surface area contributed by atoms with Crippen LogP contribution in [0.4, 0.5) is 15.8 Å². The van der Waals surface area contributed by atoms with Gasteiger partial charge in [-0.2, -0.15) is 0 Å². The average Bonchev–Trinajstić information content (AvgIpc) is 2.80. The first-order valence-electron chi connectivity index (χ1n) is 4.72. The molecule has 0 unspecified atom stereocenters. The summed E-state index contributed by atoms with van der Waals surface area (Å²) in [4.78, 5) is 14.1. The molecule has 0 spiro atoms. The minimum Gasteiger partial charge on any atom is -0.371 e. The number of rotatable bonds is 4. The largest absolute Gasteiger partial charge is 0.371 e. The Hall–Kier alpha value is -2.02. The lowest BCUT2D eigenvalue weighted by Crippen LogP contribution is -2.04.